The third kappa shape index (κ3) is 6.71. The molecule has 1 amide bonds. The number of hydrogen-bond acceptors (Lipinski definition) is 6. The fourth-order valence-corrected chi connectivity index (χ4v) is 2.66. The van der Waals surface area contributed by atoms with E-state index in [1.807, 2.05) is 32.9 Å². The molecule has 7 nitrogen and oxygen atoms in total. The molecule has 0 aliphatic rings. The fraction of sp³-hybridized carbons (Fsp3) is 0.364. The number of anilines is 1. The monoisotopic (exact) mass is 401 g/mol. The third-order valence-corrected chi connectivity index (χ3v) is 4.01. The first-order valence-electron chi connectivity index (χ1n) is 9.45. The van der Waals surface area contributed by atoms with Crippen LogP contribution in [0.2, 0.25) is 0 Å². The van der Waals surface area contributed by atoms with Gasteiger partial charge in [0.2, 0.25) is 0 Å². The zero-order valence-electron chi connectivity index (χ0n) is 17.2. The third-order valence-electron chi connectivity index (χ3n) is 4.01. The van der Waals surface area contributed by atoms with Crippen LogP contribution in [0.5, 0.6) is 17.2 Å². The molecular formula is C22H27NO6. The minimum Gasteiger partial charge on any atom is -0.496 e. The van der Waals surface area contributed by atoms with E-state index in [1.54, 1.807) is 31.4 Å². The summed E-state index contributed by atoms with van der Waals surface area (Å²) in [4.78, 5) is 24.1. The van der Waals surface area contributed by atoms with E-state index >= 15 is 0 Å². The zero-order chi connectivity index (χ0) is 21.2. The quantitative estimate of drug-likeness (QED) is 0.614. The average molecular weight is 401 g/mol. The maximum atomic E-state index is 12.1. The largest absolute Gasteiger partial charge is 0.496 e. The summed E-state index contributed by atoms with van der Waals surface area (Å²) in [6, 6.07) is 10.6. The Morgan fingerprint density at radius 2 is 1.66 bits per heavy atom. The van der Waals surface area contributed by atoms with E-state index in [-0.39, 0.29) is 13.0 Å². The Labute approximate surface area is 170 Å². The summed E-state index contributed by atoms with van der Waals surface area (Å²) in [5, 5.41) is 2.68. The molecule has 2 aromatic carbocycles. The number of methoxy groups -OCH3 is 1. The maximum Gasteiger partial charge on any atom is 0.310 e. The van der Waals surface area contributed by atoms with Crippen LogP contribution in [0.1, 0.15) is 25.0 Å². The van der Waals surface area contributed by atoms with Crippen molar-refractivity contribution in [3.63, 3.8) is 0 Å². The van der Waals surface area contributed by atoms with E-state index in [2.05, 4.69) is 5.32 Å². The molecule has 0 aromatic heterocycles. The van der Waals surface area contributed by atoms with Gasteiger partial charge >= 0.3 is 5.97 Å². The van der Waals surface area contributed by atoms with Crippen LogP contribution in [-0.2, 0) is 20.7 Å². The van der Waals surface area contributed by atoms with Gasteiger partial charge in [0.05, 0.1) is 26.7 Å². The Balaban J connectivity index is 1.89. The highest BCUT2D eigenvalue weighted by molar-refractivity contribution is 5.93. The summed E-state index contributed by atoms with van der Waals surface area (Å²) in [5.41, 5.74) is 2.26. The Kier molecular flexibility index (Phi) is 8.33. The molecule has 156 valence electrons. The van der Waals surface area contributed by atoms with Gasteiger partial charge in [0, 0.05) is 11.8 Å². The molecule has 0 saturated heterocycles. The second-order valence-corrected chi connectivity index (χ2v) is 6.22. The molecule has 0 bridgehead atoms. The topological polar surface area (TPSA) is 83.1 Å². The van der Waals surface area contributed by atoms with Gasteiger partial charge in [-0.3, -0.25) is 9.59 Å². The summed E-state index contributed by atoms with van der Waals surface area (Å²) < 4.78 is 21.3. The second-order valence-electron chi connectivity index (χ2n) is 6.22. The number of esters is 1. The molecule has 0 aliphatic heterocycles. The van der Waals surface area contributed by atoms with E-state index < -0.39 is 11.9 Å². The summed E-state index contributed by atoms with van der Waals surface area (Å²) >= 11 is 0. The number of carbonyl (C=O) groups is 2. The van der Waals surface area contributed by atoms with Crippen LogP contribution in [0.15, 0.2) is 36.4 Å². The zero-order valence-corrected chi connectivity index (χ0v) is 17.2. The molecule has 0 saturated carbocycles. The Morgan fingerprint density at radius 3 is 2.34 bits per heavy atom. The van der Waals surface area contributed by atoms with Gasteiger partial charge in [-0.05, 0) is 50.1 Å². The number of carbonyl (C=O) groups excluding carboxylic acids is 2. The van der Waals surface area contributed by atoms with Gasteiger partial charge < -0.3 is 24.3 Å². The number of hydrogen-bond donors (Lipinski definition) is 1. The lowest BCUT2D eigenvalue weighted by Crippen LogP contribution is -2.21. The smallest absolute Gasteiger partial charge is 0.310 e. The molecule has 0 radical (unpaired) electrons. The Hall–Kier alpha value is -3.22. The lowest BCUT2D eigenvalue weighted by Gasteiger charge is -2.13. The van der Waals surface area contributed by atoms with E-state index in [9.17, 15) is 9.59 Å². The highest BCUT2D eigenvalue weighted by Crippen LogP contribution is 2.30. The van der Waals surface area contributed by atoms with Crippen molar-refractivity contribution in [1.82, 2.24) is 0 Å². The van der Waals surface area contributed by atoms with Gasteiger partial charge in [-0.2, -0.15) is 0 Å². The SMILES string of the molecule is CCOc1ccc(NC(=O)COC(=O)Cc2ccc(C)c(OC)c2)cc1OCC. The van der Waals surface area contributed by atoms with E-state index in [0.29, 0.717) is 36.1 Å². The molecule has 0 heterocycles. The first-order valence-corrected chi connectivity index (χ1v) is 9.45. The molecule has 2 aromatic rings. The number of rotatable bonds is 10. The number of ether oxygens (including phenoxy) is 4. The highest BCUT2D eigenvalue weighted by Gasteiger charge is 2.12. The van der Waals surface area contributed by atoms with E-state index in [0.717, 1.165) is 11.1 Å². The van der Waals surface area contributed by atoms with Gasteiger partial charge in [0.1, 0.15) is 5.75 Å². The van der Waals surface area contributed by atoms with Crippen molar-refractivity contribution in [2.45, 2.75) is 27.2 Å². The van der Waals surface area contributed by atoms with Crippen molar-refractivity contribution in [2.24, 2.45) is 0 Å². The van der Waals surface area contributed by atoms with Gasteiger partial charge in [-0.15, -0.1) is 0 Å². The number of aryl methyl sites for hydroxylation is 1. The molecule has 29 heavy (non-hydrogen) atoms. The van der Waals surface area contributed by atoms with Crippen LogP contribution in [0.25, 0.3) is 0 Å². The average Bonchev–Trinajstić information content (AvgIpc) is 2.70. The summed E-state index contributed by atoms with van der Waals surface area (Å²) in [7, 11) is 1.58. The number of amides is 1. The molecule has 0 aliphatic carbocycles. The van der Waals surface area contributed by atoms with Crippen LogP contribution in [0.4, 0.5) is 5.69 Å². The lowest BCUT2D eigenvalue weighted by atomic mass is 10.1. The fourth-order valence-electron chi connectivity index (χ4n) is 2.66. The normalized spacial score (nSPS) is 10.2. The van der Waals surface area contributed by atoms with Crippen molar-refractivity contribution in [1.29, 1.82) is 0 Å². The molecule has 1 N–H and O–H groups in total. The Bertz CT molecular complexity index is 849. The van der Waals surface area contributed by atoms with Crippen molar-refractivity contribution in [3.8, 4) is 17.2 Å². The Morgan fingerprint density at radius 1 is 0.931 bits per heavy atom. The first kappa shape index (κ1) is 22.1. The first-order chi connectivity index (χ1) is 14.0. The van der Waals surface area contributed by atoms with E-state index in [1.165, 1.54) is 0 Å². The van der Waals surface area contributed by atoms with Crippen LogP contribution in [0, 0.1) is 6.92 Å². The summed E-state index contributed by atoms with van der Waals surface area (Å²) in [6.45, 7) is 6.27. The standard InChI is InChI=1S/C22H27NO6/c1-5-27-18-10-9-17(13-20(18)28-6-2)23-21(24)14-29-22(25)12-16-8-7-15(3)19(11-16)26-4/h7-11,13H,5-6,12,14H2,1-4H3,(H,23,24). The van der Waals surface area contributed by atoms with Gasteiger partial charge in [-0.1, -0.05) is 12.1 Å². The van der Waals surface area contributed by atoms with Crippen LogP contribution >= 0.6 is 0 Å². The highest BCUT2D eigenvalue weighted by atomic mass is 16.5. The predicted molar refractivity (Wildman–Crippen MR) is 110 cm³/mol. The number of nitrogens with one attached hydrogen (secondary N) is 1. The van der Waals surface area contributed by atoms with Crippen molar-refractivity contribution >= 4 is 17.6 Å². The molecule has 0 fully saturated rings. The molecule has 7 heteroatoms. The molecular weight excluding hydrogens is 374 g/mol. The number of benzene rings is 2. The second kappa shape index (κ2) is 10.9. The van der Waals surface area contributed by atoms with Gasteiger partial charge in [-0.25, -0.2) is 0 Å². The van der Waals surface area contributed by atoms with Crippen LogP contribution in [0.3, 0.4) is 0 Å². The van der Waals surface area contributed by atoms with Gasteiger partial charge in [0.15, 0.2) is 18.1 Å². The molecule has 0 unspecified atom stereocenters. The minimum absolute atomic E-state index is 0.0570. The van der Waals surface area contributed by atoms with Crippen molar-refractivity contribution in [3.05, 3.63) is 47.5 Å². The van der Waals surface area contributed by atoms with Crippen molar-refractivity contribution in [2.75, 3.05) is 32.2 Å². The molecule has 2 rings (SSSR count). The summed E-state index contributed by atoms with van der Waals surface area (Å²) in [5.74, 6) is 0.914. The minimum atomic E-state index is -0.493. The van der Waals surface area contributed by atoms with Gasteiger partial charge in [0.25, 0.3) is 5.91 Å². The molecule has 0 atom stereocenters. The predicted octanol–water partition coefficient (Wildman–Crippen LogP) is 3.53. The lowest BCUT2D eigenvalue weighted by molar-refractivity contribution is -0.146. The molecule has 0 spiro atoms. The van der Waals surface area contributed by atoms with E-state index in [4.69, 9.17) is 18.9 Å². The summed E-state index contributed by atoms with van der Waals surface area (Å²) in [6.07, 6.45) is 0.0570. The maximum absolute atomic E-state index is 12.1. The van der Waals surface area contributed by atoms with Crippen molar-refractivity contribution < 1.29 is 28.5 Å². The van der Waals surface area contributed by atoms with Crippen LogP contribution in [-0.4, -0.2) is 38.8 Å². The van der Waals surface area contributed by atoms with Crippen LogP contribution < -0.4 is 19.5 Å².